The number of benzene rings is 2. The summed E-state index contributed by atoms with van der Waals surface area (Å²) in [6.45, 7) is -0.645. The number of rotatable bonds is 4. The van der Waals surface area contributed by atoms with Crippen molar-refractivity contribution in [3.63, 3.8) is 0 Å². The molecule has 0 aromatic heterocycles. The Morgan fingerprint density at radius 3 is 2.16 bits per heavy atom. The molecular formula is C16H10N2O7. The molecule has 126 valence electrons. The molecule has 0 atom stereocenters. The highest BCUT2D eigenvalue weighted by molar-refractivity contribution is 6.23. The number of amides is 2. The van der Waals surface area contributed by atoms with Gasteiger partial charge in [-0.3, -0.25) is 29.4 Å². The van der Waals surface area contributed by atoms with E-state index < -0.39 is 46.3 Å². The lowest BCUT2D eigenvalue weighted by molar-refractivity contribution is -0.386. The van der Waals surface area contributed by atoms with Crippen molar-refractivity contribution in [2.24, 2.45) is 0 Å². The van der Waals surface area contributed by atoms with E-state index in [0.29, 0.717) is 0 Å². The van der Waals surface area contributed by atoms with Gasteiger partial charge < -0.3 is 10.2 Å². The summed E-state index contributed by atoms with van der Waals surface area (Å²) in [6, 6.07) is 7.68. The van der Waals surface area contributed by atoms with E-state index >= 15 is 0 Å². The fraction of sp³-hybridized carbons (Fsp3) is 0.0625. The predicted octanol–water partition coefficient (Wildman–Crippen LogP) is 1.48. The van der Waals surface area contributed by atoms with Gasteiger partial charge in [0.2, 0.25) is 5.75 Å². The van der Waals surface area contributed by atoms with E-state index in [2.05, 4.69) is 0 Å². The van der Waals surface area contributed by atoms with Crippen LogP contribution < -0.4 is 0 Å². The monoisotopic (exact) mass is 342 g/mol. The molecule has 1 aliphatic heterocycles. The highest BCUT2D eigenvalue weighted by Gasteiger charge is 2.36. The van der Waals surface area contributed by atoms with Crippen LogP contribution in [-0.4, -0.2) is 44.2 Å². The molecule has 2 N–H and O–H groups in total. The SMILES string of the molecule is O=C(CN1C(=O)c2ccccc2C1=O)c1cc(O)c(O)c([N+](=O)[O-])c1. The number of Topliss-reactive ketones (excluding diaryl/α,β-unsaturated/α-hetero) is 1. The van der Waals surface area contributed by atoms with E-state index in [1.807, 2.05) is 0 Å². The van der Waals surface area contributed by atoms with Crippen LogP contribution in [0.1, 0.15) is 31.1 Å². The number of hydrogen-bond donors (Lipinski definition) is 2. The smallest absolute Gasteiger partial charge is 0.315 e. The van der Waals surface area contributed by atoms with Crippen molar-refractivity contribution in [3.05, 3.63) is 63.2 Å². The number of carbonyl (C=O) groups excluding carboxylic acids is 3. The highest BCUT2D eigenvalue weighted by Crippen LogP contribution is 2.36. The van der Waals surface area contributed by atoms with Crippen LogP contribution in [-0.2, 0) is 0 Å². The number of nitro benzene ring substituents is 1. The predicted molar refractivity (Wildman–Crippen MR) is 82.6 cm³/mol. The average molecular weight is 342 g/mol. The van der Waals surface area contributed by atoms with Crippen LogP contribution in [0.4, 0.5) is 5.69 Å². The topological polar surface area (TPSA) is 138 Å². The van der Waals surface area contributed by atoms with Crippen LogP contribution in [0.2, 0.25) is 0 Å². The van der Waals surface area contributed by atoms with Crippen molar-refractivity contribution in [2.45, 2.75) is 0 Å². The summed E-state index contributed by atoms with van der Waals surface area (Å²) in [5.74, 6) is -3.91. The molecule has 0 saturated carbocycles. The van der Waals surface area contributed by atoms with Crippen LogP contribution in [0.15, 0.2) is 36.4 Å². The Bertz CT molecular complexity index is 916. The van der Waals surface area contributed by atoms with E-state index in [1.54, 1.807) is 12.1 Å². The van der Waals surface area contributed by atoms with Crippen molar-refractivity contribution in [3.8, 4) is 11.5 Å². The fourth-order valence-electron chi connectivity index (χ4n) is 2.52. The number of nitrogens with zero attached hydrogens (tertiary/aromatic N) is 2. The number of ketones is 1. The van der Waals surface area contributed by atoms with Gasteiger partial charge in [-0.25, -0.2) is 0 Å². The molecule has 2 aromatic rings. The number of aromatic hydroxyl groups is 2. The van der Waals surface area contributed by atoms with Crippen molar-refractivity contribution in [2.75, 3.05) is 6.54 Å². The second-order valence-electron chi connectivity index (χ2n) is 5.29. The van der Waals surface area contributed by atoms with Gasteiger partial charge in [-0.2, -0.15) is 0 Å². The molecule has 0 fully saturated rings. The zero-order chi connectivity index (χ0) is 18.3. The van der Waals surface area contributed by atoms with Gasteiger partial charge in [-0.1, -0.05) is 12.1 Å². The van der Waals surface area contributed by atoms with Gasteiger partial charge in [0, 0.05) is 11.6 Å². The Labute approximate surface area is 139 Å². The quantitative estimate of drug-likeness (QED) is 0.282. The summed E-state index contributed by atoms with van der Waals surface area (Å²) >= 11 is 0. The normalized spacial score (nSPS) is 13.0. The van der Waals surface area contributed by atoms with Gasteiger partial charge >= 0.3 is 5.69 Å². The van der Waals surface area contributed by atoms with E-state index in [-0.39, 0.29) is 16.7 Å². The van der Waals surface area contributed by atoms with Crippen molar-refractivity contribution < 1.29 is 29.5 Å². The third-order valence-electron chi connectivity index (χ3n) is 3.77. The van der Waals surface area contributed by atoms with Gasteiger partial charge in [0.1, 0.15) is 0 Å². The molecule has 3 rings (SSSR count). The number of hydrogen-bond acceptors (Lipinski definition) is 7. The largest absolute Gasteiger partial charge is 0.504 e. The number of imide groups is 1. The highest BCUT2D eigenvalue weighted by atomic mass is 16.6. The summed E-state index contributed by atoms with van der Waals surface area (Å²) in [4.78, 5) is 47.4. The van der Waals surface area contributed by atoms with Crippen LogP contribution in [0.5, 0.6) is 11.5 Å². The maximum atomic E-state index is 12.3. The van der Waals surface area contributed by atoms with E-state index in [4.69, 9.17) is 0 Å². The van der Waals surface area contributed by atoms with Gasteiger partial charge in [0.15, 0.2) is 11.5 Å². The second kappa shape index (κ2) is 5.71. The molecule has 2 amide bonds. The Morgan fingerprint density at radius 2 is 1.64 bits per heavy atom. The van der Waals surface area contributed by atoms with E-state index in [0.717, 1.165) is 17.0 Å². The number of phenols is 2. The lowest BCUT2D eigenvalue weighted by Gasteiger charge is -2.13. The first-order chi connectivity index (χ1) is 11.8. The molecule has 25 heavy (non-hydrogen) atoms. The number of phenolic OH excluding ortho intramolecular Hbond substituents is 2. The van der Waals surface area contributed by atoms with Gasteiger partial charge in [0.25, 0.3) is 11.8 Å². The molecule has 9 heteroatoms. The minimum Gasteiger partial charge on any atom is -0.504 e. The van der Waals surface area contributed by atoms with Gasteiger partial charge in [-0.05, 0) is 18.2 Å². The molecule has 0 saturated heterocycles. The Morgan fingerprint density at radius 1 is 1.08 bits per heavy atom. The summed E-state index contributed by atoms with van der Waals surface area (Å²) in [6.07, 6.45) is 0. The molecular weight excluding hydrogens is 332 g/mol. The molecule has 1 heterocycles. The fourth-order valence-corrected chi connectivity index (χ4v) is 2.52. The van der Waals surface area contributed by atoms with Crippen LogP contribution in [0.3, 0.4) is 0 Å². The van der Waals surface area contributed by atoms with Gasteiger partial charge in [0.05, 0.1) is 22.6 Å². The molecule has 0 bridgehead atoms. The average Bonchev–Trinajstić information content (AvgIpc) is 2.82. The van der Waals surface area contributed by atoms with Crippen LogP contribution >= 0.6 is 0 Å². The number of fused-ring (bicyclic) bond motifs is 1. The van der Waals surface area contributed by atoms with Crippen molar-refractivity contribution >= 4 is 23.3 Å². The standard InChI is InChI=1S/C16H10N2O7/c19-12-6-8(5-11(14(12)21)18(24)25)13(20)7-17-15(22)9-3-1-2-4-10(9)16(17)23/h1-6,19,21H,7H2. The summed E-state index contributed by atoms with van der Waals surface area (Å²) in [5.41, 5.74) is -0.830. The first kappa shape index (κ1) is 16.1. The van der Waals surface area contributed by atoms with Crippen LogP contribution in [0, 0.1) is 10.1 Å². The molecule has 2 aromatic carbocycles. The maximum absolute atomic E-state index is 12.3. The van der Waals surface area contributed by atoms with Crippen molar-refractivity contribution in [1.82, 2.24) is 4.90 Å². The number of carbonyl (C=O) groups is 3. The second-order valence-corrected chi connectivity index (χ2v) is 5.29. The summed E-state index contributed by atoms with van der Waals surface area (Å²) in [5, 5.41) is 29.8. The number of nitro groups is 1. The molecule has 0 spiro atoms. The molecule has 1 aliphatic rings. The van der Waals surface area contributed by atoms with E-state index in [9.17, 15) is 34.7 Å². The molecule has 0 aliphatic carbocycles. The van der Waals surface area contributed by atoms with Crippen molar-refractivity contribution in [1.29, 1.82) is 0 Å². The Balaban J connectivity index is 1.91. The summed E-state index contributed by atoms with van der Waals surface area (Å²) in [7, 11) is 0. The molecule has 0 unspecified atom stereocenters. The lowest BCUT2D eigenvalue weighted by Crippen LogP contribution is -2.34. The first-order valence-corrected chi connectivity index (χ1v) is 7.00. The Kier molecular flexibility index (Phi) is 3.68. The third kappa shape index (κ3) is 2.57. The zero-order valence-electron chi connectivity index (χ0n) is 12.5. The zero-order valence-corrected chi connectivity index (χ0v) is 12.5. The van der Waals surface area contributed by atoms with Crippen LogP contribution in [0.25, 0.3) is 0 Å². The molecule has 0 radical (unpaired) electrons. The lowest BCUT2D eigenvalue weighted by atomic mass is 10.1. The summed E-state index contributed by atoms with van der Waals surface area (Å²) < 4.78 is 0. The molecule has 9 nitrogen and oxygen atoms in total. The first-order valence-electron chi connectivity index (χ1n) is 7.00. The third-order valence-corrected chi connectivity index (χ3v) is 3.77. The van der Waals surface area contributed by atoms with Gasteiger partial charge in [-0.15, -0.1) is 0 Å². The maximum Gasteiger partial charge on any atom is 0.315 e. The Hall–Kier alpha value is -3.75. The van der Waals surface area contributed by atoms with E-state index in [1.165, 1.54) is 12.1 Å². The minimum absolute atomic E-state index is 0.167. The minimum atomic E-state index is -0.970.